The molecule has 1 aromatic heterocycles. The van der Waals surface area contributed by atoms with E-state index >= 15 is 0 Å². The van der Waals surface area contributed by atoms with Crippen LogP contribution in [0.5, 0.6) is 0 Å². The van der Waals surface area contributed by atoms with Crippen molar-refractivity contribution in [1.29, 1.82) is 0 Å². The number of hydrogen-bond acceptors (Lipinski definition) is 3. The van der Waals surface area contributed by atoms with Gasteiger partial charge in [-0.3, -0.25) is 14.4 Å². The lowest BCUT2D eigenvalue weighted by atomic mass is 10.3. The fourth-order valence-electron chi connectivity index (χ4n) is 1.67. The van der Waals surface area contributed by atoms with Gasteiger partial charge in [0.25, 0.3) is 0 Å². The van der Waals surface area contributed by atoms with Crippen LogP contribution >= 0.6 is 11.6 Å². The third-order valence-corrected chi connectivity index (χ3v) is 3.22. The minimum atomic E-state index is -0.782. The highest BCUT2D eigenvalue weighted by atomic mass is 35.5. The number of nitrogens with zero attached hydrogens (tertiary/aromatic N) is 3. The molecule has 0 spiro atoms. The second-order valence-electron chi connectivity index (χ2n) is 3.98. The molecule has 96 valence electrons. The topological polar surface area (TPSA) is 58.4 Å². The molecule has 0 aliphatic rings. The van der Waals surface area contributed by atoms with E-state index < -0.39 is 5.97 Å². The maximum Gasteiger partial charge on any atom is 0.304 e. The van der Waals surface area contributed by atoms with E-state index in [4.69, 9.17) is 16.7 Å². The van der Waals surface area contributed by atoms with E-state index in [0.717, 1.165) is 17.9 Å². The molecule has 0 unspecified atom stereocenters. The smallest absolute Gasteiger partial charge is 0.304 e. The summed E-state index contributed by atoms with van der Waals surface area (Å²) in [5.74, 6) is -0.782. The number of hydrogen-bond donors (Lipinski definition) is 1. The lowest BCUT2D eigenvalue weighted by molar-refractivity contribution is -0.137. The van der Waals surface area contributed by atoms with Crippen molar-refractivity contribution < 1.29 is 9.90 Å². The van der Waals surface area contributed by atoms with Gasteiger partial charge in [0.2, 0.25) is 0 Å². The predicted octanol–water partition coefficient (Wildman–Crippen LogP) is 1.68. The Hall–Kier alpha value is -1.07. The summed E-state index contributed by atoms with van der Waals surface area (Å²) in [7, 11) is 1.85. The number of aryl methyl sites for hydroxylation is 2. The highest BCUT2D eigenvalue weighted by Gasteiger charge is 2.14. The summed E-state index contributed by atoms with van der Waals surface area (Å²) < 4.78 is 1.75. The van der Waals surface area contributed by atoms with E-state index in [0.29, 0.717) is 18.1 Å². The molecule has 0 amide bonds. The molecule has 0 aromatic carbocycles. The molecule has 5 nitrogen and oxygen atoms in total. The van der Waals surface area contributed by atoms with Crippen LogP contribution in [0.3, 0.4) is 0 Å². The van der Waals surface area contributed by atoms with Gasteiger partial charge in [-0.1, -0.05) is 18.5 Å². The average Bonchev–Trinajstić information content (AvgIpc) is 2.49. The van der Waals surface area contributed by atoms with E-state index in [1.165, 1.54) is 0 Å². The van der Waals surface area contributed by atoms with Crippen molar-refractivity contribution in [3.63, 3.8) is 0 Å². The number of carbonyl (C=O) groups is 1. The Morgan fingerprint density at radius 2 is 2.24 bits per heavy atom. The van der Waals surface area contributed by atoms with Gasteiger partial charge in [0.05, 0.1) is 22.8 Å². The first-order valence-electron chi connectivity index (χ1n) is 5.57. The van der Waals surface area contributed by atoms with Crippen molar-refractivity contribution in [2.75, 3.05) is 13.1 Å². The number of rotatable bonds is 6. The summed E-state index contributed by atoms with van der Waals surface area (Å²) in [6.45, 7) is 5.79. The van der Waals surface area contributed by atoms with Gasteiger partial charge in [0.1, 0.15) is 0 Å². The first-order valence-corrected chi connectivity index (χ1v) is 5.95. The maximum atomic E-state index is 10.5. The molecule has 0 radical (unpaired) electrons. The van der Waals surface area contributed by atoms with Crippen LogP contribution < -0.4 is 0 Å². The van der Waals surface area contributed by atoms with Gasteiger partial charge < -0.3 is 5.11 Å². The molecule has 0 bridgehead atoms. The maximum absolute atomic E-state index is 10.5. The lowest BCUT2D eigenvalue weighted by Crippen LogP contribution is -2.26. The number of carboxylic acid groups (broad SMARTS) is 1. The zero-order valence-electron chi connectivity index (χ0n) is 10.4. The highest BCUT2D eigenvalue weighted by molar-refractivity contribution is 6.31. The summed E-state index contributed by atoms with van der Waals surface area (Å²) in [5, 5.41) is 13.6. The molecule has 1 heterocycles. The van der Waals surface area contributed by atoms with Crippen LogP contribution in [0.25, 0.3) is 0 Å². The Kier molecular flexibility index (Phi) is 4.96. The largest absolute Gasteiger partial charge is 0.481 e. The number of carboxylic acids is 1. The van der Waals surface area contributed by atoms with Crippen molar-refractivity contribution in [2.45, 2.75) is 26.8 Å². The summed E-state index contributed by atoms with van der Waals surface area (Å²) in [4.78, 5) is 12.6. The Labute approximate surface area is 106 Å². The van der Waals surface area contributed by atoms with Crippen LogP contribution in [0.15, 0.2) is 0 Å². The third kappa shape index (κ3) is 3.71. The molecule has 0 saturated heterocycles. The van der Waals surface area contributed by atoms with Gasteiger partial charge in [-0.05, 0) is 13.5 Å². The zero-order chi connectivity index (χ0) is 13.0. The monoisotopic (exact) mass is 259 g/mol. The van der Waals surface area contributed by atoms with Crippen molar-refractivity contribution in [3.05, 3.63) is 16.4 Å². The van der Waals surface area contributed by atoms with Crippen molar-refractivity contribution in [3.8, 4) is 0 Å². The molecular formula is C11H18ClN3O2. The molecule has 0 fully saturated rings. The van der Waals surface area contributed by atoms with Crippen LogP contribution in [0.1, 0.15) is 24.7 Å². The van der Waals surface area contributed by atoms with Gasteiger partial charge >= 0.3 is 5.97 Å². The van der Waals surface area contributed by atoms with E-state index in [2.05, 4.69) is 5.10 Å². The average molecular weight is 260 g/mol. The van der Waals surface area contributed by atoms with Gasteiger partial charge in [0.15, 0.2) is 0 Å². The standard InChI is InChI=1S/C11H18ClN3O2/c1-4-15(6-5-10(16)17)7-9-11(12)8(2)13-14(9)3/h4-7H2,1-3H3,(H,16,17). The van der Waals surface area contributed by atoms with E-state index in [-0.39, 0.29) is 6.42 Å². The molecule has 0 atom stereocenters. The Morgan fingerprint density at radius 3 is 2.65 bits per heavy atom. The fourth-order valence-corrected chi connectivity index (χ4v) is 1.89. The van der Waals surface area contributed by atoms with E-state index in [9.17, 15) is 4.79 Å². The first-order chi connectivity index (χ1) is 7.95. The van der Waals surface area contributed by atoms with Crippen LogP contribution in [0, 0.1) is 6.92 Å². The lowest BCUT2D eigenvalue weighted by Gasteiger charge is -2.19. The Bertz CT molecular complexity index is 404. The molecule has 1 aromatic rings. The first kappa shape index (κ1) is 14.0. The molecule has 1 N–H and O–H groups in total. The molecular weight excluding hydrogens is 242 g/mol. The number of aliphatic carboxylic acids is 1. The molecule has 1 rings (SSSR count). The molecule has 0 saturated carbocycles. The quantitative estimate of drug-likeness (QED) is 0.845. The van der Waals surface area contributed by atoms with Crippen LogP contribution in [0.2, 0.25) is 5.02 Å². The minimum absolute atomic E-state index is 0.141. The predicted molar refractivity (Wildman–Crippen MR) is 66.2 cm³/mol. The zero-order valence-corrected chi connectivity index (χ0v) is 11.2. The summed E-state index contributed by atoms with van der Waals surface area (Å²) >= 11 is 6.15. The van der Waals surface area contributed by atoms with E-state index in [1.807, 2.05) is 25.8 Å². The second kappa shape index (κ2) is 6.02. The summed E-state index contributed by atoms with van der Waals surface area (Å²) in [6, 6.07) is 0. The Balaban J connectivity index is 2.70. The normalized spacial score (nSPS) is 11.1. The van der Waals surface area contributed by atoms with Crippen LogP contribution in [-0.4, -0.2) is 38.8 Å². The van der Waals surface area contributed by atoms with Crippen molar-refractivity contribution >= 4 is 17.6 Å². The highest BCUT2D eigenvalue weighted by Crippen LogP contribution is 2.20. The van der Waals surface area contributed by atoms with Gasteiger partial charge in [-0.15, -0.1) is 0 Å². The number of halogens is 1. The van der Waals surface area contributed by atoms with Gasteiger partial charge in [0, 0.05) is 20.1 Å². The van der Waals surface area contributed by atoms with E-state index in [1.54, 1.807) is 4.68 Å². The SMILES string of the molecule is CCN(CCC(=O)O)Cc1c(Cl)c(C)nn1C. The van der Waals surface area contributed by atoms with Crippen LogP contribution in [0.4, 0.5) is 0 Å². The molecule has 0 aliphatic carbocycles. The minimum Gasteiger partial charge on any atom is -0.481 e. The molecule has 0 aliphatic heterocycles. The number of aromatic nitrogens is 2. The molecule has 6 heteroatoms. The van der Waals surface area contributed by atoms with Crippen LogP contribution in [-0.2, 0) is 18.4 Å². The van der Waals surface area contributed by atoms with Gasteiger partial charge in [-0.2, -0.15) is 5.10 Å². The van der Waals surface area contributed by atoms with Gasteiger partial charge in [-0.25, -0.2) is 0 Å². The van der Waals surface area contributed by atoms with Crippen molar-refractivity contribution in [1.82, 2.24) is 14.7 Å². The van der Waals surface area contributed by atoms with Crippen molar-refractivity contribution in [2.24, 2.45) is 7.05 Å². The molecule has 17 heavy (non-hydrogen) atoms. The third-order valence-electron chi connectivity index (χ3n) is 2.72. The fraction of sp³-hybridized carbons (Fsp3) is 0.636. The second-order valence-corrected chi connectivity index (χ2v) is 4.36. The summed E-state index contributed by atoms with van der Waals surface area (Å²) in [5.41, 5.74) is 1.73. The summed E-state index contributed by atoms with van der Waals surface area (Å²) in [6.07, 6.45) is 0.141. The Morgan fingerprint density at radius 1 is 1.59 bits per heavy atom.